The summed E-state index contributed by atoms with van der Waals surface area (Å²) in [6, 6.07) is 10.5. The van der Waals surface area contributed by atoms with Crippen LogP contribution < -0.4 is 0 Å². The van der Waals surface area contributed by atoms with Gasteiger partial charge in [0, 0.05) is 0 Å². The average molecular weight is 216 g/mol. The molecule has 1 aromatic carbocycles. The molecular weight excluding hydrogens is 192 g/mol. The van der Waals surface area contributed by atoms with Crippen LogP contribution in [0.1, 0.15) is 51.5 Å². The van der Waals surface area contributed by atoms with Crippen LogP contribution in [-0.2, 0) is 0 Å². The van der Waals surface area contributed by atoms with Gasteiger partial charge in [0.25, 0.3) is 0 Å². The molecule has 0 amide bonds. The van der Waals surface area contributed by atoms with Crippen LogP contribution in [0, 0.1) is 5.92 Å². The highest BCUT2D eigenvalue weighted by atomic mass is 14.0. The van der Waals surface area contributed by atoms with Crippen LogP contribution in [0.5, 0.6) is 0 Å². The van der Waals surface area contributed by atoms with Crippen molar-refractivity contribution in [1.82, 2.24) is 0 Å². The Labute approximate surface area is 100 Å². The van der Waals surface area contributed by atoms with Gasteiger partial charge in [-0.25, -0.2) is 0 Å². The lowest BCUT2D eigenvalue weighted by molar-refractivity contribution is 0.529. The molecule has 0 unspecified atom stereocenters. The number of allylic oxidation sites excluding steroid dienone is 1. The van der Waals surface area contributed by atoms with Gasteiger partial charge < -0.3 is 0 Å². The molecule has 0 nitrogen and oxygen atoms in total. The molecule has 0 fully saturated rings. The Morgan fingerprint density at radius 2 is 1.75 bits per heavy atom. The van der Waals surface area contributed by atoms with Gasteiger partial charge in [0.1, 0.15) is 0 Å². The second-order valence-corrected chi connectivity index (χ2v) is 4.84. The van der Waals surface area contributed by atoms with Crippen molar-refractivity contribution in [1.29, 1.82) is 0 Å². The minimum Gasteiger partial charge on any atom is -0.0839 e. The minimum absolute atomic E-state index is 0.861. The van der Waals surface area contributed by atoms with E-state index in [1.54, 1.807) is 0 Å². The van der Waals surface area contributed by atoms with Gasteiger partial charge in [-0.2, -0.15) is 0 Å². The first-order valence-corrected chi connectivity index (χ1v) is 6.50. The topological polar surface area (TPSA) is 0 Å². The van der Waals surface area contributed by atoms with Crippen molar-refractivity contribution in [2.45, 2.75) is 46.0 Å². The molecule has 0 spiro atoms. The maximum Gasteiger partial charge on any atom is -0.0260 e. The molecule has 1 aromatic rings. The Balaban J connectivity index is 2.05. The second kappa shape index (κ2) is 8.15. The van der Waals surface area contributed by atoms with Gasteiger partial charge in [-0.15, -0.1) is 0 Å². The van der Waals surface area contributed by atoms with E-state index in [1.165, 1.54) is 37.7 Å². The molecule has 16 heavy (non-hydrogen) atoms. The SMILES string of the molecule is CC(C)CCCCCC=Cc1ccccc1. The summed E-state index contributed by atoms with van der Waals surface area (Å²) in [4.78, 5) is 0. The van der Waals surface area contributed by atoms with Gasteiger partial charge in [0.05, 0.1) is 0 Å². The van der Waals surface area contributed by atoms with Crippen LogP contribution in [-0.4, -0.2) is 0 Å². The summed E-state index contributed by atoms with van der Waals surface area (Å²) in [6.07, 6.45) is 11.2. The first-order chi connectivity index (χ1) is 7.79. The van der Waals surface area contributed by atoms with E-state index < -0.39 is 0 Å². The van der Waals surface area contributed by atoms with Crippen molar-refractivity contribution in [3.63, 3.8) is 0 Å². The predicted molar refractivity (Wildman–Crippen MR) is 73.4 cm³/mol. The lowest BCUT2D eigenvalue weighted by Crippen LogP contribution is -1.86. The number of benzene rings is 1. The summed E-state index contributed by atoms with van der Waals surface area (Å²) < 4.78 is 0. The van der Waals surface area contributed by atoms with E-state index in [2.05, 4.69) is 56.3 Å². The second-order valence-electron chi connectivity index (χ2n) is 4.84. The van der Waals surface area contributed by atoms with Crippen LogP contribution in [0.3, 0.4) is 0 Å². The Bertz CT molecular complexity index is 282. The van der Waals surface area contributed by atoms with E-state index in [1.807, 2.05) is 0 Å². The standard InChI is InChI=1S/C16H24/c1-15(2)11-7-4-3-5-8-12-16-13-9-6-10-14-16/h6,8-10,12-15H,3-5,7,11H2,1-2H3. The molecule has 0 bridgehead atoms. The van der Waals surface area contributed by atoms with E-state index in [-0.39, 0.29) is 0 Å². The Morgan fingerprint density at radius 1 is 1.00 bits per heavy atom. The summed E-state index contributed by atoms with van der Waals surface area (Å²) in [5.41, 5.74) is 1.31. The first kappa shape index (κ1) is 13.0. The van der Waals surface area contributed by atoms with Crippen molar-refractivity contribution in [3.05, 3.63) is 42.0 Å². The molecule has 0 atom stereocenters. The van der Waals surface area contributed by atoms with E-state index in [9.17, 15) is 0 Å². The smallest absolute Gasteiger partial charge is 0.0260 e. The van der Waals surface area contributed by atoms with Gasteiger partial charge in [-0.1, -0.05) is 75.6 Å². The quantitative estimate of drug-likeness (QED) is 0.542. The summed E-state index contributed by atoms with van der Waals surface area (Å²) >= 11 is 0. The van der Waals surface area contributed by atoms with Crippen LogP contribution in [0.2, 0.25) is 0 Å². The van der Waals surface area contributed by atoms with Gasteiger partial charge >= 0.3 is 0 Å². The molecule has 0 radical (unpaired) electrons. The summed E-state index contributed by atoms with van der Waals surface area (Å²) in [6.45, 7) is 4.60. The van der Waals surface area contributed by atoms with Gasteiger partial charge in [-0.3, -0.25) is 0 Å². The molecule has 1 rings (SSSR count). The highest BCUT2D eigenvalue weighted by Gasteiger charge is 1.93. The van der Waals surface area contributed by atoms with E-state index >= 15 is 0 Å². The van der Waals surface area contributed by atoms with Crippen molar-refractivity contribution in [2.75, 3.05) is 0 Å². The highest BCUT2D eigenvalue weighted by molar-refractivity contribution is 5.48. The zero-order chi connectivity index (χ0) is 11.6. The predicted octanol–water partition coefficient (Wildman–Crippen LogP) is 5.31. The number of rotatable bonds is 7. The molecule has 0 heteroatoms. The van der Waals surface area contributed by atoms with E-state index in [4.69, 9.17) is 0 Å². The normalized spacial score (nSPS) is 11.4. The maximum atomic E-state index is 2.30. The van der Waals surface area contributed by atoms with Crippen LogP contribution in [0.4, 0.5) is 0 Å². The number of hydrogen-bond acceptors (Lipinski definition) is 0. The summed E-state index contributed by atoms with van der Waals surface area (Å²) in [7, 11) is 0. The largest absolute Gasteiger partial charge is 0.0839 e. The molecule has 0 aromatic heterocycles. The Morgan fingerprint density at radius 3 is 2.44 bits per heavy atom. The van der Waals surface area contributed by atoms with Gasteiger partial charge in [0.2, 0.25) is 0 Å². The zero-order valence-electron chi connectivity index (χ0n) is 10.7. The zero-order valence-corrected chi connectivity index (χ0v) is 10.7. The van der Waals surface area contributed by atoms with Crippen LogP contribution >= 0.6 is 0 Å². The molecular formula is C16H24. The van der Waals surface area contributed by atoms with Gasteiger partial charge in [0.15, 0.2) is 0 Å². The molecule has 0 N–H and O–H groups in total. The average Bonchev–Trinajstić information content (AvgIpc) is 2.29. The molecule has 88 valence electrons. The Kier molecular flexibility index (Phi) is 6.64. The number of hydrogen-bond donors (Lipinski definition) is 0. The molecule has 0 saturated heterocycles. The van der Waals surface area contributed by atoms with Crippen molar-refractivity contribution in [2.24, 2.45) is 5.92 Å². The molecule has 0 heterocycles. The lowest BCUT2D eigenvalue weighted by atomic mass is 10.0. The van der Waals surface area contributed by atoms with E-state index in [0.29, 0.717) is 0 Å². The number of unbranched alkanes of at least 4 members (excludes halogenated alkanes) is 3. The van der Waals surface area contributed by atoms with Gasteiger partial charge in [-0.05, 0) is 24.3 Å². The lowest BCUT2D eigenvalue weighted by Gasteiger charge is -2.02. The molecule has 0 aliphatic rings. The first-order valence-electron chi connectivity index (χ1n) is 6.50. The van der Waals surface area contributed by atoms with Crippen LogP contribution in [0.25, 0.3) is 6.08 Å². The Hall–Kier alpha value is -1.04. The fourth-order valence-corrected chi connectivity index (χ4v) is 1.78. The maximum absolute atomic E-state index is 2.30. The fraction of sp³-hybridized carbons (Fsp3) is 0.500. The van der Waals surface area contributed by atoms with E-state index in [0.717, 1.165) is 5.92 Å². The van der Waals surface area contributed by atoms with Crippen molar-refractivity contribution in [3.8, 4) is 0 Å². The molecule has 0 aliphatic carbocycles. The third-order valence-corrected chi connectivity index (χ3v) is 2.76. The minimum atomic E-state index is 0.861. The fourth-order valence-electron chi connectivity index (χ4n) is 1.78. The summed E-state index contributed by atoms with van der Waals surface area (Å²) in [5.74, 6) is 0.861. The summed E-state index contributed by atoms with van der Waals surface area (Å²) in [5, 5.41) is 0. The molecule has 0 saturated carbocycles. The molecule has 0 aliphatic heterocycles. The highest BCUT2D eigenvalue weighted by Crippen LogP contribution is 2.10. The third kappa shape index (κ3) is 6.44. The third-order valence-electron chi connectivity index (χ3n) is 2.76. The monoisotopic (exact) mass is 216 g/mol. The van der Waals surface area contributed by atoms with Crippen LogP contribution in [0.15, 0.2) is 36.4 Å². The van der Waals surface area contributed by atoms with Crippen molar-refractivity contribution >= 4 is 6.08 Å². The van der Waals surface area contributed by atoms with Crippen molar-refractivity contribution < 1.29 is 0 Å².